The quantitative estimate of drug-likeness (QED) is 0.830. The fourth-order valence-electron chi connectivity index (χ4n) is 1.71. The molecule has 2 rings (SSSR count). The van der Waals surface area contributed by atoms with Crippen LogP contribution >= 0.6 is 0 Å². The SMILES string of the molecule is COc1cc(C)nc2c(C(N)=O)cccc12. The van der Waals surface area contributed by atoms with Crippen molar-refractivity contribution in [1.29, 1.82) is 0 Å². The van der Waals surface area contributed by atoms with Gasteiger partial charge >= 0.3 is 0 Å². The van der Waals surface area contributed by atoms with Crippen LogP contribution in [-0.4, -0.2) is 18.0 Å². The molecule has 0 aliphatic rings. The zero-order valence-corrected chi connectivity index (χ0v) is 9.15. The summed E-state index contributed by atoms with van der Waals surface area (Å²) < 4.78 is 5.25. The van der Waals surface area contributed by atoms with Gasteiger partial charge in [-0.05, 0) is 19.1 Å². The van der Waals surface area contributed by atoms with Crippen molar-refractivity contribution in [2.24, 2.45) is 5.73 Å². The third kappa shape index (κ3) is 1.58. The van der Waals surface area contributed by atoms with E-state index in [-0.39, 0.29) is 0 Å². The molecule has 0 atom stereocenters. The van der Waals surface area contributed by atoms with Crippen LogP contribution in [0.5, 0.6) is 5.75 Å². The number of benzene rings is 1. The number of hydrogen-bond acceptors (Lipinski definition) is 3. The van der Waals surface area contributed by atoms with Crippen LogP contribution in [0.4, 0.5) is 0 Å². The zero-order valence-electron chi connectivity index (χ0n) is 9.15. The predicted molar refractivity (Wildman–Crippen MR) is 61.5 cm³/mol. The first kappa shape index (κ1) is 10.4. The van der Waals surface area contributed by atoms with Crippen LogP contribution in [0.2, 0.25) is 0 Å². The molecule has 1 heterocycles. The number of hydrogen-bond donors (Lipinski definition) is 1. The second-order valence-corrected chi connectivity index (χ2v) is 3.53. The summed E-state index contributed by atoms with van der Waals surface area (Å²) in [5, 5.41) is 0.796. The number of para-hydroxylation sites is 1. The highest BCUT2D eigenvalue weighted by molar-refractivity contribution is 6.06. The van der Waals surface area contributed by atoms with Crippen LogP contribution in [-0.2, 0) is 0 Å². The van der Waals surface area contributed by atoms with E-state index in [0.29, 0.717) is 16.8 Å². The van der Waals surface area contributed by atoms with Gasteiger partial charge in [0.15, 0.2) is 0 Å². The number of aryl methyl sites for hydroxylation is 1. The molecule has 4 nitrogen and oxygen atoms in total. The number of carbonyl (C=O) groups excluding carboxylic acids is 1. The van der Waals surface area contributed by atoms with Crippen molar-refractivity contribution in [3.05, 3.63) is 35.5 Å². The van der Waals surface area contributed by atoms with Crippen LogP contribution in [0, 0.1) is 6.92 Å². The molecule has 0 saturated heterocycles. The maximum Gasteiger partial charge on any atom is 0.250 e. The maximum absolute atomic E-state index is 11.3. The van der Waals surface area contributed by atoms with Gasteiger partial charge in [-0.1, -0.05) is 6.07 Å². The summed E-state index contributed by atoms with van der Waals surface area (Å²) in [7, 11) is 1.59. The molecule has 0 spiro atoms. The highest BCUT2D eigenvalue weighted by atomic mass is 16.5. The van der Waals surface area contributed by atoms with E-state index in [2.05, 4.69) is 4.98 Å². The van der Waals surface area contributed by atoms with Gasteiger partial charge in [0.25, 0.3) is 5.91 Å². The van der Waals surface area contributed by atoms with E-state index in [1.165, 1.54) is 0 Å². The van der Waals surface area contributed by atoms with Crippen LogP contribution in [0.15, 0.2) is 24.3 Å². The molecule has 0 aliphatic carbocycles. The smallest absolute Gasteiger partial charge is 0.250 e. The molecule has 0 fully saturated rings. The predicted octanol–water partition coefficient (Wildman–Crippen LogP) is 1.65. The van der Waals surface area contributed by atoms with Crippen LogP contribution < -0.4 is 10.5 Å². The van der Waals surface area contributed by atoms with Crippen LogP contribution in [0.3, 0.4) is 0 Å². The molecule has 2 aromatic rings. The van der Waals surface area contributed by atoms with Crippen LogP contribution in [0.25, 0.3) is 10.9 Å². The van der Waals surface area contributed by atoms with E-state index in [4.69, 9.17) is 10.5 Å². The Labute approximate surface area is 93.0 Å². The molecule has 0 radical (unpaired) electrons. The Kier molecular flexibility index (Phi) is 2.48. The Morgan fingerprint density at radius 1 is 1.44 bits per heavy atom. The average Bonchev–Trinajstić information content (AvgIpc) is 2.26. The molecular weight excluding hydrogens is 204 g/mol. The number of nitrogens with zero attached hydrogens (tertiary/aromatic N) is 1. The Hall–Kier alpha value is -2.10. The lowest BCUT2D eigenvalue weighted by molar-refractivity contribution is 0.100. The zero-order chi connectivity index (χ0) is 11.7. The fraction of sp³-hybridized carbons (Fsp3) is 0.167. The van der Waals surface area contributed by atoms with Gasteiger partial charge in [-0.15, -0.1) is 0 Å². The summed E-state index contributed by atoms with van der Waals surface area (Å²) in [4.78, 5) is 15.6. The Morgan fingerprint density at radius 2 is 2.19 bits per heavy atom. The number of primary amides is 1. The molecule has 1 aromatic heterocycles. The van der Waals surface area contributed by atoms with Gasteiger partial charge in [0, 0.05) is 17.1 Å². The number of methoxy groups -OCH3 is 1. The fourth-order valence-corrected chi connectivity index (χ4v) is 1.71. The van der Waals surface area contributed by atoms with Crippen molar-refractivity contribution in [1.82, 2.24) is 4.98 Å². The molecule has 2 N–H and O–H groups in total. The van der Waals surface area contributed by atoms with Crippen molar-refractivity contribution in [2.75, 3.05) is 7.11 Å². The number of ether oxygens (including phenoxy) is 1. The maximum atomic E-state index is 11.3. The van der Waals surface area contributed by atoms with Crippen molar-refractivity contribution >= 4 is 16.8 Å². The van der Waals surface area contributed by atoms with Crippen molar-refractivity contribution < 1.29 is 9.53 Å². The highest BCUT2D eigenvalue weighted by Crippen LogP contribution is 2.27. The first-order valence-electron chi connectivity index (χ1n) is 4.87. The molecule has 0 unspecified atom stereocenters. The molecule has 82 valence electrons. The minimum absolute atomic E-state index is 0.416. The van der Waals surface area contributed by atoms with E-state index in [9.17, 15) is 4.79 Å². The number of rotatable bonds is 2. The molecule has 0 aliphatic heterocycles. The lowest BCUT2D eigenvalue weighted by atomic mass is 10.1. The Bertz CT molecular complexity index is 564. The first-order valence-corrected chi connectivity index (χ1v) is 4.87. The molecule has 0 saturated carbocycles. The molecule has 1 amide bonds. The van der Waals surface area contributed by atoms with Gasteiger partial charge in [0.05, 0.1) is 18.2 Å². The van der Waals surface area contributed by atoms with E-state index in [1.807, 2.05) is 19.1 Å². The minimum Gasteiger partial charge on any atom is -0.496 e. The second-order valence-electron chi connectivity index (χ2n) is 3.53. The largest absolute Gasteiger partial charge is 0.496 e. The van der Waals surface area contributed by atoms with E-state index in [0.717, 1.165) is 11.1 Å². The number of fused-ring (bicyclic) bond motifs is 1. The van der Waals surface area contributed by atoms with E-state index >= 15 is 0 Å². The summed E-state index contributed by atoms with van der Waals surface area (Å²) in [6.45, 7) is 1.85. The summed E-state index contributed by atoms with van der Waals surface area (Å²) in [6, 6.07) is 7.11. The van der Waals surface area contributed by atoms with Crippen molar-refractivity contribution in [3.8, 4) is 5.75 Å². The monoisotopic (exact) mass is 216 g/mol. The van der Waals surface area contributed by atoms with E-state index in [1.54, 1.807) is 19.2 Å². The Balaban J connectivity index is 2.87. The number of carbonyl (C=O) groups is 1. The molecule has 4 heteroatoms. The average molecular weight is 216 g/mol. The summed E-state index contributed by atoms with van der Waals surface area (Å²) in [6.07, 6.45) is 0. The van der Waals surface area contributed by atoms with Gasteiger partial charge in [-0.25, -0.2) is 0 Å². The van der Waals surface area contributed by atoms with Gasteiger partial charge in [0.1, 0.15) is 5.75 Å². The molecule has 0 bridgehead atoms. The third-order valence-electron chi connectivity index (χ3n) is 2.41. The topological polar surface area (TPSA) is 65.2 Å². The second kappa shape index (κ2) is 3.81. The van der Waals surface area contributed by atoms with Crippen molar-refractivity contribution in [2.45, 2.75) is 6.92 Å². The van der Waals surface area contributed by atoms with Gasteiger partial charge in [-0.3, -0.25) is 9.78 Å². The summed E-state index contributed by atoms with van der Waals surface area (Å²) >= 11 is 0. The first-order chi connectivity index (χ1) is 7.63. The number of nitrogens with two attached hydrogens (primary N) is 1. The van der Waals surface area contributed by atoms with Gasteiger partial charge in [-0.2, -0.15) is 0 Å². The van der Waals surface area contributed by atoms with Crippen molar-refractivity contribution in [3.63, 3.8) is 0 Å². The number of pyridine rings is 1. The standard InChI is InChI=1S/C12H12N2O2/c1-7-6-10(16-2)8-4-3-5-9(12(13)15)11(8)14-7/h3-6H,1-2H3,(H2,13,15). The van der Waals surface area contributed by atoms with E-state index < -0.39 is 5.91 Å². The summed E-state index contributed by atoms with van der Waals surface area (Å²) in [5.41, 5.74) is 7.10. The third-order valence-corrected chi connectivity index (χ3v) is 2.41. The molecular formula is C12H12N2O2. The van der Waals surface area contributed by atoms with Crippen LogP contribution in [0.1, 0.15) is 16.1 Å². The Morgan fingerprint density at radius 3 is 2.81 bits per heavy atom. The number of amides is 1. The van der Waals surface area contributed by atoms with Gasteiger partial charge < -0.3 is 10.5 Å². The minimum atomic E-state index is -0.481. The summed E-state index contributed by atoms with van der Waals surface area (Å²) in [5.74, 6) is 0.219. The normalized spacial score (nSPS) is 10.4. The molecule has 16 heavy (non-hydrogen) atoms. The van der Waals surface area contributed by atoms with Gasteiger partial charge in [0.2, 0.25) is 0 Å². The molecule has 1 aromatic carbocycles. The lowest BCUT2D eigenvalue weighted by Crippen LogP contribution is -2.12. The number of aromatic nitrogens is 1. The highest BCUT2D eigenvalue weighted by Gasteiger charge is 2.11. The lowest BCUT2D eigenvalue weighted by Gasteiger charge is -2.08.